The van der Waals surface area contributed by atoms with Crippen LogP contribution in [0.1, 0.15) is 11.1 Å². The second kappa shape index (κ2) is 7.25. The third-order valence-electron chi connectivity index (χ3n) is 3.93. The molecule has 0 bridgehead atoms. The Kier molecular flexibility index (Phi) is 4.88. The molecule has 25 heavy (non-hydrogen) atoms. The third-order valence-corrected chi connectivity index (χ3v) is 3.93. The highest BCUT2D eigenvalue weighted by Crippen LogP contribution is 2.38. The Hall–Kier alpha value is -3.02. The lowest BCUT2D eigenvalue weighted by atomic mass is 10.1. The predicted octanol–water partition coefficient (Wildman–Crippen LogP) is 2.63. The summed E-state index contributed by atoms with van der Waals surface area (Å²) in [7, 11) is 4.59. The number of esters is 1. The van der Waals surface area contributed by atoms with E-state index in [0.717, 1.165) is 5.56 Å². The molecule has 0 fully saturated rings. The number of hydrogen-bond acceptors (Lipinski definition) is 6. The highest BCUT2D eigenvalue weighted by Gasteiger charge is 2.31. The van der Waals surface area contributed by atoms with Crippen molar-refractivity contribution in [2.75, 3.05) is 21.3 Å². The zero-order chi connectivity index (χ0) is 17.8. The van der Waals surface area contributed by atoms with Crippen LogP contribution in [-0.2, 0) is 16.0 Å². The molecule has 0 N–H and O–H groups in total. The SMILES string of the molecule is COc1cc(C2=NC(Cc3ccccc3)C(=O)O2)cc(OC)c1OC. The maximum atomic E-state index is 12.2. The first kappa shape index (κ1) is 16.8. The lowest BCUT2D eigenvalue weighted by Gasteiger charge is -2.13. The fraction of sp³-hybridized carbons (Fsp3) is 0.263. The van der Waals surface area contributed by atoms with E-state index in [1.165, 1.54) is 21.3 Å². The molecule has 1 aliphatic rings. The van der Waals surface area contributed by atoms with Gasteiger partial charge in [0.25, 0.3) is 0 Å². The monoisotopic (exact) mass is 341 g/mol. The molecule has 0 amide bonds. The molecule has 3 rings (SSSR count). The Morgan fingerprint density at radius 1 is 1.00 bits per heavy atom. The van der Waals surface area contributed by atoms with Gasteiger partial charge in [-0.1, -0.05) is 30.3 Å². The standard InChI is InChI=1S/C19H19NO5/c1-22-15-10-13(11-16(23-2)17(15)24-3)18-20-14(19(21)25-18)9-12-7-5-4-6-8-12/h4-8,10-11,14H,9H2,1-3H3. The van der Waals surface area contributed by atoms with E-state index in [-0.39, 0.29) is 11.9 Å². The van der Waals surface area contributed by atoms with Gasteiger partial charge >= 0.3 is 5.97 Å². The van der Waals surface area contributed by atoms with Crippen LogP contribution in [0, 0.1) is 0 Å². The molecule has 130 valence electrons. The summed E-state index contributed by atoms with van der Waals surface area (Å²) in [5.41, 5.74) is 1.62. The summed E-state index contributed by atoms with van der Waals surface area (Å²) in [6, 6.07) is 12.6. The van der Waals surface area contributed by atoms with E-state index >= 15 is 0 Å². The molecule has 6 nitrogen and oxygen atoms in total. The minimum absolute atomic E-state index is 0.255. The van der Waals surface area contributed by atoms with E-state index in [1.807, 2.05) is 30.3 Å². The molecule has 0 saturated heterocycles. The number of benzene rings is 2. The molecular weight excluding hydrogens is 322 g/mol. The van der Waals surface area contributed by atoms with Crippen molar-refractivity contribution < 1.29 is 23.7 Å². The van der Waals surface area contributed by atoms with E-state index in [1.54, 1.807) is 12.1 Å². The number of carbonyl (C=O) groups is 1. The second-order valence-electron chi connectivity index (χ2n) is 5.47. The average molecular weight is 341 g/mol. The van der Waals surface area contributed by atoms with Crippen molar-refractivity contribution in [3.05, 3.63) is 53.6 Å². The normalized spacial score (nSPS) is 16.2. The Morgan fingerprint density at radius 3 is 2.20 bits per heavy atom. The summed E-state index contributed by atoms with van der Waals surface area (Å²) in [6.07, 6.45) is 0.494. The van der Waals surface area contributed by atoms with Crippen LogP contribution in [0.4, 0.5) is 0 Å². The van der Waals surface area contributed by atoms with Gasteiger partial charge < -0.3 is 18.9 Å². The zero-order valence-electron chi connectivity index (χ0n) is 14.3. The largest absolute Gasteiger partial charge is 0.493 e. The minimum atomic E-state index is -0.559. The first-order chi connectivity index (χ1) is 12.2. The fourth-order valence-electron chi connectivity index (χ4n) is 2.69. The van der Waals surface area contributed by atoms with E-state index < -0.39 is 6.04 Å². The molecule has 1 heterocycles. The van der Waals surface area contributed by atoms with Crippen LogP contribution in [0.15, 0.2) is 47.5 Å². The van der Waals surface area contributed by atoms with Gasteiger partial charge in [-0.05, 0) is 17.7 Å². The molecule has 0 saturated carbocycles. The molecule has 0 spiro atoms. The summed E-state index contributed by atoms with van der Waals surface area (Å²) in [5.74, 6) is 1.31. The van der Waals surface area contributed by atoms with Crippen molar-refractivity contribution in [3.63, 3.8) is 0 Å². The molecule has 0 aliphatic carbocycles. The molecular formula is C19H19NO5. The summed E-state index contributed by atoms with van der Waals surface area (Å²) >= 11 is 0. The van der Waals surface area contributed by atoms with Crippen molar-refractivity contribution in [2.24, 2.45) is 4.99 Å². The van der Waals surface area contributed by atoms with E-state index in [9.17, 15) is 4.79 Å². The van der Waals surface area contributed by atoms with Gasteiger partial charge in [0.05, 0.1) is 21.3 Å². The van der Waals surface area contributed by atoms with Crippen LogP contribution < -0.4 is 14.2 Å². The van der Waals surface area contributed by atoms with Crippen LogP contribution in [0.2, 0.25) is 0 Å². The van der Waals surface area contributed by atoms with E-state index in [0.29, 0.717) is 29.2 Å². The van der Waals surface area contributed by atoms with Crippen LogP contribution in [0.3, 0.4) is 0 Å². The number of hydrogen-bond donors (Lipinski definition) is 0. The van der Waals surface area contributed by atoms with Gasteiger partial charge in [-0.25, -0.2) is 9.79 Å². The van der Waals surface area contributed by atoms with Gasteiger partial charge in [-0.15, -0.1) is 0 Å². The number of cyclic esters (lactones) is 1. The van der Waals surface area contributed by atoms with Crippen LogP contribution in [-0.4, -0.2) is 39.2 Å². The number of aliphatic imine (C=N–C) groups is 1. The van der Waals surface area contributed by atoms with E-state index in [4.69, 9.17) is 18.9 Å². The zero-order valence-corrected chi connectivity index (χ0v) is 14.3. The molecule has 0 aromatic heterocycles. The Morgan fingerprint density at radius 2 is 1.64 bits per heavy atom. The van der Waals surface area contributed by atoms with Crippen molar-refractivity contribution in [2.45, 2.75) is 12.5 Å². The third kappa shape index (κ3) is 3.42. The number of methoxy groups -OCH3 is 3. The van der Waals surface area contributed by atoms with Crippen molar-refractivity contribution in [3.8, 4) is 17.2 Å². The first-order valence-electron chi connectivity index (χ1n) is 7.80. The Labute approximate surface area is 146 Å². The highest BCUT2D eigenvalue weighted by molar-refractivity contribution is 6.06. The average Bonchev–Trinajstić information content (AvgIpc) is 3.01. The minimum Gasteiger partial charge on any atom is -0.493 e. The lowest BCUT2D eigenvalue weighted by molar-refractivity contribution is -0.134. The molecule has 2 aromatic rings. The van der Waals surface area contributed by atoms with Gasteiger partial charge in [-0.3, -0.25) is 0 Å². The highest BCUT2D eigenvalue weighted by atomic mass is 16.6. The summed E-state index contributed by atoms with van der Waals surface area (Å²) in [5, 5.41) is 0. The van der Waals surface area contributed by atoms with Crippen molar-refractivity contribution in [1.29, 1.82) is 0 Å². The number of nitrogens with zero attached hydrogens (tertiary/aromatic N) is 1. The van der Waals surface area contributed by atoms with Crippen molar-refractivity contribution >= 4 is 11.9 Å². The maximum absolute atomic E-state index is 12.2. The number of ether oxygens (including phenoxy) is 4. The van der Waals surface area contributed by atoms with Crippen LogP contribution in [0.5, 0.6) is 17.2 Å². The molecule has 2 aromatic carbocycles. The molecule has 1 unspecified atom stereocenters. The Balaban J connectivity index is 1.91. The van der Waals surface area contributed by atoms with Crippen LogP contribution in [0.25, 0.3) is 0 Å². The van der Waals surface area contributed by atoms with Crippen molar-refractivity contribution in [1.82, 2.24) is 0 Å². The molecule has 1 aliphatic heterocycles. The van der Waals surface area contributed by atoms with Gasteiger partial charge in [-0.2, -0.15) is 0 Å². The lowest BCUT2D eigenvalue weighted by Crippen LogP contribution is -2.17. The van der Waals surface area contributed by atoms with Crippen LogP contribution >= 0.6 is 0 Å². The number of rotatable bonds is 6. The van der Waals surface area contributed by atoms with Gasteiger partial charge in [0.1, 0.15) is 0 Å². The Bertz CT molecular complexity index is 776. The van der Waals surface area contributed by atoms with Gasteiger partial charge in [0.2, 0.25) is 11.6 Å². The molecule has 0 radical (unpaired) electrons. The smallest absolute Gasteiger partial charge is 0.338 e. The molecule has 6 heteroatoms. The van der Waals surface area contributed by atoms with Gasteiger partial charge in [0, 0.05) is 12.0 Å². The van der Waals surface area contributed by atoms with E-state index in [2.05, 4.69) is 4.99 Å². The second-order valence-corrected chi connectivity index (χ2v) is 5.47. The quantitative estimate of drug-likeness (QED) is 0.756. The summed E-state index contributed by atoms with van der Waals surface area (Å²) in [4.78, 5) is 16.6. The first-order valence-corrected chi connectivity index (χ1v) is 7.80. The molecule has 1 atom stereocenters. The van der Waals surface area contributed by atoms with Gasteiger partial charge in [0.15, 0.2) is 17.5 Å². The fourth-order valence-corrected chi connectivity index (χ4v) is 2.69. The summed E-state index contributed by atoms with van der Waals surface area (Å²) < 4.78 is 21.3. The topological polar surface area (TPSA) is 66.4 Å². The maximum Gasteiger partial charge on any atom is 0.338 e. The predicted molar refractivity (Wildman–Crippen MR) is 92.7 cm³/mol. The number of carbonyl (C=O) groups excluding carboxylic acids is 1. The summed E-state index contributed by atoms with van der Waals surface area (Å²) in [6.45, 7) is 0.